The van der Waals surface area contributed by atoms with Crippen molar-refractivity contribution >= 4 is 65.4 Å². The summed E-state index contributed by atoms with van der Waals surface area (Å²) in [5.74, 6) is 1.76. The molecule has 0 unspecified atom stereocenters. The zero-order valence-corrected chi connectivity index (χ0v) is 30.7. The molecule has 0 radical (unpaired) electrons. The van der Waals surface area contributed by atoms with Crippen LogP contribution in [0.1, 0.15) is 0 Å². The SMILES string of the molecule is c1ccc(-n2c3ccccc3c3ccc(-c4nc(-c5ccccc5-n5c6ccccc6c6ccccc65)nc(-n5c6ccccc6c6ccccc65)n4)cc32)cc1. The van der Waals surface area contributed by atoms with Crippen LogP contribution < -0.4 is 0 Å². The Labute approximate surface area is 327 Å². The Bertz CT molecular complexity index is 3430. The maximum atomic E-state index is 5.39. The zero-order valence-electron chi connectivity index (χ0n) is 30.7. The normalized spacial score (nSPS) is 11.9. The van der Waals surface area contributed by atoms with Gasteiger partial charge in [0.2, 0.25) is 5.95 Å². The predicted molar refractivity (Wildman–Crippen MR) is 234 cm³/mol. The quantitative estimate of drug-likeness (QED) is 0.177. The molecule has 0 spiro atoms. The van der Waals surface area contributed by atoms with Gasteiger partial charge in [-0.25, -0.2) is 4.98 Å². The Morgan fingerprint density at radius 1 is 0.298 bits per heavy atom. The molecule has 8 aromatic carbocycles. The molecule has 0 saturated heterocycles. The van der Waals surface area contributed by atoms with Gasteiger partial charge in [0.15, 0.2) is 11.6 Å². The third kappa shape index (κ3) is 4.74. The van der Waals surface area contributed by atoms with Crippen molar-refractivity contribution in [1.82, 2.24) is 28.7 Å². The van der Waals surface area contributed by atoms with Gasteiger partial charge < -0.3 is 9.13 Å². The second-order valence-corrected chi connectivity index (χ2v) is 14.5. The van der Waals surface area contributed by atoms with E-state index in [1.54, 1.807) is 0 Å². The molecule has 12 aromatic rings. The Morgan fingerprint density at radius 2 is 0.737 bits per heavy atom. The Balaban J connectivity index is 1.16. The van der Waals surface area contributed by atoms with E-state index >= 15 is 0 Å². The fourth-order valence-electron chi connectivity index (χ4n) is 8.86. The molecule has 6 nitrogen and oxygen atoms in total. The van der Waals surface area contributed by atoms with E-state index in [-0.39, 0.29) is 0 Å². The summed E-state index contributed by atoms with van der Waals surface area (Å²) in [6, 6.07) is 68.4. The van der Waals surface area contributed by atoms with Crippen molar-refractivity contribution in [3.8, 4) is 40.1 Å². The van der Waals surface area contributed by atoms with E-state index in [2.05, 4.69) is 208 Å². The highest BCUT2D eigenvalue weighted by Gasteiger charge is 2.22. The molecule has 57 heavy (non-hydrogen) atoms. The number of aromatic nitrogens is 6. The van der Waals surface area contributed by atoms with Gasteiger partial charge in [-0.3, -0.25) is 4.57 Å². The van der Waals surface area contributed by atoms with Crippen molar-refractivity contribution in [2.75, 3.05) is 0 Å². The number of para-hydroxylation sites is 7. The highest BCUT2D eigenvalue weighted by Crippen LogP contribution is 2.38. The molecule has 266 valence electrons. The number of benzene rings is 8. The van der Waals surface area contributed by atoms with Crippen LogP contribution in [-0.2, 0) is 0 Å². The standard InChI is InChI=1S/C51H32N6/c1-2-16-34(17-3-1)55-42-24-10-4-22-39(42)40-31-30-33(32-48(40)55)49-52-50(54-51(53-49)57-45-27-13-7-20-37(45)38-21-8-14-28-46(38)57)41-23-9-15-29-47(41)56-43-25-11-5-18-35(43)36-19-6-12-26-44(36)56/h1-32H. The summed E-state index contributed by atoms with van der Waals surface area (Å²) < 4.78 is 6.86. The third-order valence-corrected chi connectivity index (χ3v) is 11.3. The molecule has 4 heterocycles. The maximum absolute atomic E-state index is 5.39. The molecule has 0 amide bonds. The van der Waals surface area contributed by atoms with Crippen LogP contribution in [0.3, 0.4) is 0 Å². The van der Waals surface area contributed by atoms with Crippen LogP contribution >= 0.6 is 0 Å². The highest BCUT2D eigenvalue weighted by atomic mass is 15.2. The first-order valence-electron chi connectivity index (χ1n) is 19.2. The second-order valence-electron chi connectivity index (χ2n) is 14.5. The molecule has 0 aliphatic carbocycles. The monoisotopic (exact) mass is 728 g/mol. The summed E-state index contributed by atoms with van der Waals surface area (Å²) in [6.07, 6.45) is 0. The Morgan fingerprint density at radius 3 is 1.32 bits per heavy atom. The van der Waals surface area contributed by atoms with E-state index in [1.165, 1.54) is 21.5 Å². The summed E-state index contributed by atoms with van der Waals surface area (Å²) in [5, 5.41) is 7.07. The molecule has 4 aromatic heterocycles. The van der Waals surface area contributed by atoms with Gasteiger partial charge >= 0.3 is 0 Å². The van der Waals surface area contributed by atoms with Gasteiger partial charge in [0.05, 0.1) is 38.8 Å². The van der Waals surface area contributed by atoms with E-state index in [0.717, 1.165) is 66.4 Å². The van der Waals surface area contributed by atoms with E-state index in [1.807, 2.05) is 0 Å². The van der Waals surface area contributed by atoms with Gasteiger partial charge in [-0.1, -0.05) is 133 Å². The molecule has 0 fully saturated rings. The lowest BCUT2D eigenvalue weighted by Crippen LogP contribution is -2.08. The lowest BCUT2D eigenvalue weighted by atomic mass is 10.1. The van der Waals surface area contributed by atoms with Crippen molar-refractivity contribution in [2.45, 2.75) is 0 Å². The first-order chi connectivity index (χ1) is 28.3. The molecule has 0 aliphatic heterocycles. The molecular weight excluding hydrogens is 697 g/mol. The molecule has 0 atom stereocenters. The zero-order chi connectivity index (χ0) is 37.5. The van der Waals surface area contributed by atoms with Crippen molar-refractivity contribution in [3.63, 3.8) is 0 Å². The third-order valence-electron chi connectivity index (χ3n) is 11.3. The lowest BCUT2D eigenvalue weighted by Gasteiger charge is -2.15. The van der Waals surface area contributed by atoms with Crippen molar-refractivity contribution in [2.24, 2.45) is 0 Å². The average molecular weight is 729 g/mol. The van der Waals surface area contributed by atoms with Gasteiger partial charge in [0.1, 0.15) is 0 Å². The minimum Gasteiger partial charge on any atom is -0.309 e. The van der Waals surface area contributed by atoms with Crippen LogP contribution in [0.15, 0.2) is 194 Å². The minimum atomic E-state index is 0.563. The van der Waals surface area contributed by atoms with Crippen LogP contribution in [-0.4, -0.2) is 28.7 Å². The lowest BCUT2D eigenvalue weighted by molar-refractivity contribution is 0.952. The minimum absolute atomic E-state index is 0.563. The van der Waals surface area contributed by atoms with Crippen LogP contribution in [0.4, 0.5) is 0 Å². The molecular formula is C51H32N6. The van der Waals surface area contributed by atoms with Gasteiger partial charge in [0.25, 0.3) is 0 Å². The van der Waals surface area contributed by atoms with Crippen LogP contribution in [0, 0.1) is 0 Å². The maximum Gasteiger partial charge on any atom is 0.238 e. The van der Waals surface area contributed by atoms with E-state index < -0.39 is 0 Å². The topological polar surface area (TPSA) is 53.5 Å². The molecule has 6 heteroatoms. The molecule has 0 bridgehead atoms. The smallest absolute Gasteiger partial charge is 0.238 e. The second kappa shape index (κ2) is 12.3. The van der Waals surface area contributed by atoms with Crippen molar-refractivity contribution in [1.29, 1.82) is 0 Å². The summed E-state index contributed by atoms with van der Waals surface area (Å²) in [4.78, 5) is 16.1. The van der Waals surface area contributed by atoms with Crippen molar-refractivity contribution < 1.29 is 0 Å². The molecule has 0 saturated carbocycles. The fourth-order valence-corrected chi connectivity index (χ4v) is 8.86. The van der Waals surface area contributed by atoms with Crippen LogP contribution in [0.2, 0.25) is 0 Å². The number of hydrogen-bond donors (Lipinski definition) is 0. The number of fused-ring (bicyclic) bond motifs is 9. The predicted octanol–water partition coefficient (Wildman–Crippen LogP) is 12.5. The first kappa shape index (κ1) is 31.5. The van der Waals surface area contributed by atoms with E-state index in [4.69, 9.17) is 15.0 Å². The highest BCUT2D eigenvalue weighted by molar-refractivity contribution is 6.12. The number of rotatable bonds is 5. The van der Waals surface area contributed by atoms with Gasteiger partial charge in [-0.05, 0) is 60.7 Å². The van der Waals surface area contributed by atoms with Gasteiger partial charge in [-0.15, -0.1) is 0 Å². The van der Waals surface area contributed by atoms with E-state index in [9.17, 15) is 0 Å². The summed E-state index contributed by atoms with van der Waals surface area (Å²) in [7, 11) is 0. The number of hydrogen-bond acceptors (Lipinski definition) is 3. The largest absolute Gasteiger partial charge is 0.309 e. The number of nitrogens with zero attached hydrogens (tertiary/aromatic N) is 6. The van der Waals surface area contributed by atoms with E-state index in [0.29, 0.717) is 17.6 Å². The first-order valence-corrected chi connectivity index (χ1v) is 19.2. The van der Waals surface area contributed by atoms with Crippen molar-refractivity contribution in [3.05, 3.63) is 194 Å². The van der Waals surface area contributed by atoms with Gasteiger partial charge in [-0.2, -0.15) is 9.97 Å². The van der Waals surface area contributed by atoms with Crippen LogP contribution in [0.25, 0.3) is 106 Å². The Kier molecular flexibility index (Phi) is 6.83. The van der Waals surface area contributed by atoms with Crippen LogP contribution in [0.5, 0.6) is 0 Å². The molecule has 0 aliphatic rings. The molecule has 12 rings (SSSR count). The fraction of sp³-hybridized carbons (Fsp3) is 0. The summed E-state index contributed by atoms with van der Waals surface area (Å²) in [5.41, 5.74) is 10.5. The Hall–Kier alpha value is -7.83. The summed E-state index contributed by atoms with van der Waals surface area (Å²) in [6.45, 7) is 0. The molecule has 0 N–H and O–H groups in total. The average Bonchev–Trinajstić information content (AvgIpc) is 3.92. The van der Waals surface area contributed by atoms with Gasteiger partial charge in [0, 0.05) is 49.1 Å². The summed E-state index contributed by atoms with van der Waals surface area (Å²) >= 11 is 0.